The van der Waals surface area contributed by atoms with Crippen molar-refractivity contribution in [1.29, 1.82) is 0 Å². The van der Waals surface area contributed by atoms with Crippen molar-refractivity contribution in [3.8, 4) is 0 Å². The Labute approximate surface area is 136 Å². The van der Waals surface area contributed by atoms with Crippen LogP contribution >= 0.6 is 12.4 Å². The molecule has 2 unspecified atom stereocenters. The van der Waals surface area contributed by atoms with Crippen LogP contribution in [0.4, 0.5) is 16.2 Å². The average molecular weight is 327 g/mol. The van der Waals surface area contributed by atoms with E-state index in [9.17, 15) is 9.59 Å². The molecule has 1 aromatic carbocycles. The molecular formula is C15H23ClN4O2. The fourth-order valence-corrected chi connectivity index (χ4v) is 2.76. The van der Waals surface area contributed by atoms with Crippen molar-refractivity contribution in [1.82, 2.24) is 0 Å². The first-order valence-electron chi connectivity index (χ1n) is 7.26. The molecule has 3 amide bonds. The maximum atomic E-state index is 12.1. The van der Waals surface area contributed by atoms with Gasteiger partial charge in [0.25, 0.3) is 0 Å². The first-order chi connectivity index (χ1) is 10.0. The zero-order valence-electron chi connectivity index (χ0n) is 12.4. The molecule has 1 aliphatic carbocycles. The van der Waals surface area contributed by atoms with Crippen LogP contribution in [0.15, 0.2) is 24.3 Å². The van der Waals surface area contributed by atoms with Gasteiger partial charge in [0.05, 0.1) is 0 Å². The fourth-order valence-electron chi connectivity index (χ4n) is 2.76. The van der Waals surface area contributed by atoms with Gasteiger partial charge in [0.15, 0.2) is 0 Å². The van der Waals surface area contributed by atoms with Crippen molar-refractivity contribution in [2.75, 3.05) is 10.6 Å². The molecule has 6 N–H and O–H groups in total. The van der Waals surface area contributed by atoms with Crippen LogP contribution in [-0.4, -0.2) is 18.0 Å². The van der Waals surface area contributed by atoms with Gasteiger partial charge in [-0.3, -0.25) is 4.79 Å². The number of nitrogens with one attached hydrogen (secondary N) is 2. The van der Waals surface area contributed by atoms with Gasteiger partial charge in [0.1, 0.15) is 0 Å². The quantitative estimate of drug-likeness (QED) is 0.682. The second-order valence-electron chi connectivity index (χ2n) is 5.53. The number of amides is 3. The van der Waals surface area contributed by atoms with Crippen molar-refractivity contribution in [3.05, 3.63) is 24.3 Å². The third-order valence-electron chi connectivity index (χ3n) is 3.83. The number of carbonyl (C=O) groups is 2. The summed E-state index contributed by atoms with van der Waals surface area (Å²) in [6.45, 7) is 0. The second-order valence-corrected chi connectivity index (χ2v) is 5.53. The van der Waals surface area contributed by atoms with Crippen LogP contribution in [0.3, 0.4) is 0 Å². The summed E-state index contributed by atoms with van der Waals surface area (Å²) in [4.78, 5) is 22.9. The van der Waals surface area contributed by atoms with E-state index in [0.717, 1.165) is 25.7 Å². The molecule has 0 aromatic heterocycles. The molecule has 22 heavy (non-hydrogen) atoms. The molecule has 1 saturated carbocycles. The van der Waals surface area contributed by atoms with Crippen LogP contribution in [0.2, 0.25) is 0 Å². The van der Waals surface area contributed by atoms with E-state index in [1.807, 2.05) is 0 Å². The SMILES string of the molecule is Cl.NC(=O)Nc1cccc(NC(=O)CC2CCCCC2N)c1. The van der Waals surface area contributed by atoms with Crippen molar-refractivity contribution in [2.45, 2.75) is 38.1 Å². The van der Waals surface area contributed by atoms with Gasteiger partial charge in [0.2, 0.25) is 5.91 Å². The average Bonchev–Trinajstić information content (AvgIpc) is 2.41. The maximum Gasteiger partial charge on any atom is 0.316 e. The molecule has 6 nitrogen and oxygen atoms in total. The number of nitrogens with two attached hydrogens (primary N) is 2. The van der Waals surface area contributed by atoms with E-state index in [4.69, 9.17) is 11.5 Å². The minimum atomic E-state index is -0.633. The molecule has 7 heteroatoms. The third-order valence-corrected chi connectivity index (χ3v) is 3.83. The minimum Gasteiger partial charge on any atom is -0.351 e. The largest absolute Gasteiger partial charge is 0.351 e. The van der Waals surface area contributed by atoms with Gasteiger partial charge in [-0.15, -0.1) is 12.4 Å². The van der Waals surface area contributed by atoms with Crippen LogP contribution in [-0.2, 0) is 4.79 Å². The summed E-state index contributed by atoms with van der Waals surface area (Å²) in [5.74, 6) is 0.208. The van der Waals surface area contributed by atoms with Crippen molar-refractivity contribution >= 4 is 35.7 Å². The second kappa shape index (κ2) is 8.60. The van der Waals surface area contributed by atoms with Gasteiger partial charge in [0, 0.05) is 23.8 Å². The number of halogens is 1. The van der Waals surface area contributed by atoms with Crippen LogP contribution in [0.5, 0.6) is 0 Å². The van der Waals surface area contributed by atoms with Gasteiger partial charge >= 0.3 is 6.03 Å². The Hall–Kier alpha value is -1.79. The number of hydrogen-bond donors (Lipinski definition) is 4. The number of anilines is 2. The molecule has 0 heterocycles. The van der Waals surface area contributed by atoms with Crippen molar-refractivity contribution < 1.29 is 9.59 Å². The number of hydrogen-bond acceptors (Lipinski definition) is 3. The Morgan fingerprint density at radius 3 is 2.41 bits per heavy atom. The lowest BCUT2D eigenvalue weighted by molar-refractivity contribution is -0.117. The summed E-state index contributed by atoms with van der Waals surface area (Å²) < 4.78 is 0. The summed E-state index contributed by atoms with van der Waals surface area (Å²) in [6.07, 6.45) is 4.74. The molecule has 1 aliphatic rings. The molecule has 1 fully saturated rings. The molecule has 0 radical (unpaired) electrons. The van der Waals surface area contributed by atoms with Crippen LogP contribution in [0.25, 0.3) is 0 Å². The van der Waals surface area contributed by atoms with Crippen LogP contribution < -0.4 is 22.1 Å². The Bertz CT molecular complexity index is 524. The minimum absolute atomic E-state index is 0. The summed E-state index contributed by atoms with van der Waals surface area (Å²) >= 11 is 0. The highest BCUT2D eigenvalue weighted by molar-refractivity contribution is 5.93. The van der Waals surface area contributed by atoms with Gasteiger partial charge < -0.3 is 22.1 Å². The number of primary amides is 1. The Kier molecular flexibility index (Phi) is 7.14. The topological polar surface area (TPSA) is 110 Å². The van der Waals surface area contributed by atoms with E-state index in [-0.39, 0.29) is 30.3 Å². The molecule has 1 aromatic rings. The van der Waals surface area contributed by atoms with E-state index in [1.54, 1.807) is 24.3 Å². The molecule has 0 saturated heterocycles. The molecule has 2 rings (SSSR count). The molecule has 122 valence electrons. The Morgan fingerprint density at radius 1 is 1.14 bits per heavy atom. The standard InChI is InChI=1S/C15H22N4O2.ClH/c16-13-7-2-1-4-10(13)8-14(20)18-11-5-3-6-12(9-11)19-15(17)21;/h3,5-6,9-10,13H,1-2,4,7-8,16H2,(H,18,20)(H3,17,19,21);1H. The van der Waals surface area contributed by atoms with Gasteiger partial charge in [-0.25, -0.2) is 4.79 Å². The summed E-state index contributed by atoms with van der Waals surface area (Å²) in [7, 11) is 0. The van der Waals surface area contributed by atoms with Gasteiger partial charge in [-0.2, -0.15) is 0 Å². The Morgan fingerprint density at radius 2 is 1.77 bits per heavy atom. The van der Waals surface area contributed by atoms with Crippen molar-refractivity contribution in [3.63, 3.8) is 0 Å². The van der Waals surface area contributed by atoms with Crippen LogP contribution in [0.1, 0.15) is 32.1 Å². The van der Waals surface area contributed by atoms with Gasteiger partial charge in [-0.1, -0.05) is 18.9 Å². The van der Waals surface area contributed by atoms with E-state index in [2.05, 4.69) is 10.6 Å². The zero-order chi connectivity index (χ0) is 15.2. The van der Waals surface area contributed by atoms with E-state index in [0.29, 0.717) is 17.8 Å². The fraction of sp³-hybridized carbons (Fsp3) is 0.467. The molecular weight excluding hydrogens is 304 g/mol. The predicted molar refractivity (Wildman–Crippen MR) is 90.1 cm³/mol. The number of benzene rings is 1. The predicted octanol–water partition coefficient (Wildman–Crippen LogP) is 2.45. The maximum absolute atomic E-state index is 12.1. The monoisotopic (exact) mass is 326 g/mol. The van der Waals surface area contributed by atoms with Crippen molar-refractivity contribution in [2.24, 2.45) is 17.4 Å². The highest BCUT2D eigenvalue weighted by Crippen LogP contribution is 2.26. The summed E-state index contributed by atoms with van der Waals surface area (Å²) in [5.41, 5.74) is 12.3. The summed E-state index contributed by atoms with van der Waals surface area (Å²) in [6, 6.07) is 6.37. The first kappa shape index (κ1) is 18.3. The van der Waals surface area contributed by atoms with Crippen LogP contribution in [0, 0.1) is 5.92 Å². The van der Waals surface area contributed by atoms with E-state index < -0.39 is 6.03 Å². The highest BCUT2D eigenvalue weighted by Gasteiger charge is 2.24. The summed E-state index contributed by atoms with van der Waals surface area (Å²) in [5, 5.41) is 5.31. The van der Waals surface area contributed by atoms with E-state index >= 15 is 0 Å². The Balaban J connectivity index is 0.00000242. The van der Waals surface area contributed by atoms with Gasteiger partial charge in [-0.05, 0) is 37.0 Å². The molecule has 0 bridgehead atoms. The number of urea groups is 1. The normalized spacial score (nSPS) is 20.6. The zero-order valence-corrected chi connectivity index (χ0v) is 13.2. The van der Waals surface area contributed by atoms with E-state index in [1.165, 1.54) is 0 Å². The molecule has 0 aliphatic heterocycles. The third kappa shape index (κ3) is 5.54. The lowest BCUT2D eigenvalue weighted by Crippen LogP contribution is -2.35. The lowest BCUT2D eigenvalue weighted by atomic mass is 9.83. The number of carbonyl (C=O) groups excluding carboxylic acids is 2. The number of rotatable bonds is 4. The molecule has 0 spiro atoms. The lowest BCUT2D eigenvalue weighted by Gasteiger charge is -2.27. The smallest absolute Gasteiger partial charge is 0.316 e. The first-order valence-corrected chi connectivity index (χ1v) is 7.26. The highest BCUT2D eigenvalue weighted by atomic mass is 35.5. The molecule has 2 atom stereocenters.